The number of carbonyl (C=O) groups excluding carboxylic acids is 2. The average molecular weight is 422 g/mol. The highest BCUT2D eigenvalue weighted by Gasteiger charge is 2.23. The molecular formula is C18H17BrFN3O3. The fourth-order valence-electron chi connectivity index (χ4n) is 2.15. The monoisotopic (exact) mass is 421 g/mol. The lowest BCUT2D eigenvalue weighted by Gasteiger charge is -2.10. The van der Waals surface area contributed by atoms with Gasteiger partial charge < -0.3 is 20.7 Å². The molecule has 3 amide bonds. The molecule has 0 aliphatic heterocycles. The SMILES string of the molecule is O=C(COc1ccc(Br)cc1F)Nc1ccc(NC(=O)NC2CC2)cc1. The van der Waals surface area contributed by atoms with Crippen molar-refractivity contribution < 1.29 is 18.7 Å². The predicted molar refractivity (Wildman–Crippen MR) is 99.8 cm³/mol. The minimum absolute atomic E-state index is 0.00423. The average Bonchev–Trinajstić information content (AvgIpc) is 3.39. The number of urea groups is 1. The van der Waals surface area contributed by atoms with Crippen molar-refractivity contribution in [1.29, 1.82) is 0 Å². The standard InChI is InChI=1S/C18H17BrFN3O3/c19-11-1-8-16(15(20)9-11)26-10-17(24)21-12-2-4-13(5-3-12)22-18(25)23-14-6-7-14/h1-5,8-9,14H,6-7,10H2,(H,21,24)(H2,22,23,25). The molecule has 1 aliphatic carbocycles. The lowest BCUT2D eigenvalue weighted by atomic mass is 10.3. The summed E-state index contributed by atoms with van der Waals surface area (Å²) >= 11 is 3.15. The Morgan fingerprint density at radius 1 is 1.08 bits per heavy atom. The van der Waals surface area contributed by atoms with E-state index in [0.717, 1.165) is 12.8 Å². The molecule has 6 nitrogen and oxygen atoms in total. The van der Waals surface area contributed by atoms with Gasteiger partial charge >= 0.3 is 6.03 Å². The fourth-order valence-corrected chi connectivity index (χ4v) is 2.48. The van der Waals surface area contributed by atoms with Gasteiger partial charge in [0.1, 0.15) is 0 Å². The summed E-state index contributed by atoms with van der Waals surface area (Å²) in [6.07, 6.45) is 2.04. The summed E-state index contributed by atoms with van der Waals surface area (Å²) in [5.41, 5.74) is 1.16. The molecule has 0 bridgehead atoms. The third kappa shape index (κ3) is 5.45. The molecule has 0 radical (unpaired) electrons. The Kier molecular flexibility index (Phi) is 5.72. The number of anilines is 2. The van der Waals surface area contributed by atoms with E-state index < -0.39 is 11.7 Å². The summed E-state index contributed by atoms with van der Waals surface area (Å²) in [6, 6.07) is 11.0. The van der Waals surface area contributed by atoms with E-state index in [1.165, 1.54) is 12.1 Å². The first-order valence-electron chi connectivity index (χ1n) is 8.05. The molecule has 2 aromatic carbocycles. The number of nitrogens with one attached hydrogen (secondary N) is 3. The third-order valence-corrected chi connectivity index (χ3v) is 4.09. The van der Waals surface area contributed by atoms with E-state index >= 15 is 0 Å². The summed E-state index contributed by atoms with van der Waals surface area (Å²) in [6.45, 7) is -0.317. The number of carbonyl (C=O) groups is 2. The van der Waals surface area contributed by atoms with Crippen molar-refractivity contribution in [2.24, 2.45) is 0 Å². The zero-order chi connectivity index (χ0) is 18.5. The topological polar surface area (TPSA) is 79.5 Å². The molecule has 3 rings (SSSR count). The van der Waals surface area contributed by atoms with Gasteiger partial charge in [0, 0.05) is 21.9 Å². The van der Waals surface area contributed by atoms with Crippen LogP contribution in [0.1, 0.15) is 12.8 Å². The quantitative estimate of drug-likeness (QED) is 0.661. The molecule has 0 aromatic heterocycles. The maximum atomic E-state index is 13.6. The van der Waals surface area contributed by atoms with E-state index in [2.05, 4.69) is 31.9 Å². The second-order valence-corrected chi connectivity index (χ2v) is 6.78. The Labute approximate surface area is 158 Å². The molecule has 136 valence electrons. The predicted octanol–water partition coefficient (Wildman–Crippen LogP) is 3.89. The Morgan fingerprint density at radius 3 is 2.35 bits per heavy atom. The lowest BCUT2D eigenvalue weighted by molar-refractivity contribution is -0.118. The highest BCUT2D eigenvalue weighted by Crippen LogP contribution is 2.22. The maximum Gasteiger partial charge on any atom is 0.319 e. The summed E-state index contributed by atoms with van der Waals surface area (Å²) < 4.78 is 19.4. The summed E-state index contributed by atoms with van der Waals surface area (Å²) in [7, 11) is 0. The molecule has 1 saturated carbocycles. The van der Waals surface area contributed by atoms with Crippen molar-refractivity contribution in [3.63, 3.8) is 0 Å². The van der Waals surface area contributed by atoms with Gasteiger partial charge in [-0.05, 0) is 55.3 Å². The highest BCUT2D eigenvalue weighted by molar-refractivity contribution is 9.10. The summed E-state index contributed by atoms with van der Waals surface area (Å²) in [5, 5.41) is 8.18. The van der Waals surface area contributed by atoms with Crippen molar-refractivity contribution >= 4 is 39.2 Å². The zero-order valence-corrected chi connectivity index (χ0v) is 15.3. The van der Waals surface area contributed by atoms with Gasteiger partial charge in [-0.25, -0.2) is 9.18 Å². The summed E-state index contributed by atoms with van der Waals surface area (Å²) in [5.74, 6) is -0.962. The van der Waals surface area contributed by atoms with Gasteiger partial charge in [0.25, 0.3) is 5.91 Å². The summed E-state index contributed by atoms with van der Waals surface area (Å²) in [4.78, 5) is 23.6. The molecule has 0 saturated heterocycles. The molecule has 2 aromatic rings. The van der Waals surface area contributed by atoms with E-state index in [1.807, 2.05) is 0 Å². The fraction of sp³-hybridized carbons (Fsp3) is 0.222. The van der Waals surface area contributed by atoms with E-state index in [-0.39, 0.29) is 24.4 Å². The van der Waals surface area contributed by atoms with E-state index in [0.29, 0.717) is 15.8 Å². The first-order chi connectivity index (χ1) is 12.5. The smallest absolute Gasteiger partial charge is 0.319 e. The van der Waals surface area contributed by atoms with Crippen LogP contribution in [0.3, 0.4) is 0 Å². The third-order valence-electron chi connectivity index (χ3n) is 3.59. The van der Waals surface area contributed by atoms with Gasteiger partial charge in [-0.15, -0.1) is 0 Å². The molecule has 1 fully saturated rings. The number of amides is 3. The number of rotatable bonds is 6. The minimum atomic E-state index is -0.549. The van der Waals surface area contributed by atoms with Crippen LogP contribution in [-0.2, 0) is 4.79 Å². The molecule has 1 aliphatic rings. The minimum Gasteiger partial charge on any atom is -0.481 e. The van der Waals surface area contributed by atoms with Gasteiger partial charge in [-0.3, -0.25) is 4.79 Å². The van der Waals surface area contributed by atoms with Crippen molar-refractivity contribution in [2.75, 3.05) is 17.2 Å². The molecule has 3 N–H and O–H groups in total. The van der Waals surface area contributed by atoms with E-state index in [9.17, 15) is 14.0 Å². The first kappa shape index (κ1) is 18.2. The van der Waals surface area contributed by atoms with Crippen LogP contribution in [0.2, 0.25) is 0 Å². The van der Waals surface area contributed by atoms with Crippen LogP contribution in [0.5, 0.6) is 5.75 Å². The van der Waals surface area contributed by atoms with Crippen LogP contribution in [-0.4, -0.2) is 24.6 Å². The van der Waals surface area contributed by atoms with Gasteiger partial charge in [0.05, 0.1) is 0 Å². The Balaban J connectivity index is 1.46. The van der Waals surface area contributed by atoms with Gasteiger partial charge in [-0.2, -0.15) is 0 Å². The number of hydrogen-bond acceptors (Lipinski definition) is 3. The van der Waals surface area contributed by atoms with Crippen LogP contribution in [0.25, 0.3) is 0 Å². The molecule has 0 unspecified atom stereocenters. The second kappa shape index (κ2) is 8.18. The molecule has 8 heteroatoms. The lowest BCUT2D eigenvalue weighted by Crippen LogP contribution is -2.30. The Hall–Kier alpha value is -2.61. The Bertz CT molecular complexity index is 810. The molecule has 0 spiro atoms. The molecule has 26 heavy (non-hydrogen) atoms. The van der Waals surface area contributed by atoms with Crippen LogP contribution >= 0.6 is 15.9 Å². The van der Waals surface area contributed by atoms with Crippen molar-refractivity contribution in [2.45, 2.75) is 18.9 Å². The number of hydrogen-bond donors (Lipinski definition) is 3. The highest BCUT2D eigenvalue weighted by atomic mass is 79.9. The normalized spacial score (nSPS) is 13.0. The molecule has 0 atom stereocenters. The molecule has 0 heterocycles. The van der Waals surface area contributed by atoms with Crippen LogP contribution in [0, 0.1) is 5.82 Å². The largest absolute Gasteiger partial charge is 0.481 e. The van der Waals surface area contributed by atoms with Crippen LogP contribution in [0.15, 0.2) is 46.9 Å². The number of ether oxygens (including phenoxy) is 1. The van der Waals surface area contributed by atoms with Gasteiger partial charge in [0.2, 0.25) is 0 Å². The maximum absolute atomic E-state index is 13.6. The van der Waals surface area contributed by atoms with Crippen molar-refractivity contribution in [1.82, 2.24) is 5.32 Å². The van der Waals surface area contributed by atoms with Crippen LogP contribution < -0.4 is 20.7 Å². The Morgan fingerprint density at radius 2 is 1.73 bits per heavy atom. The first-order valence-corrected chi connectivity index (χ1v) is 8.84. The molecular weight excluding hydrogens is 405 g/mol. The van der Waals surface area contributed by atoms with E-state index in [1.54, 1.807) is 30.3 Å². The zero-order valence-electron chi connectivity index (χ0n) is 13.7. The number of benzene rings is 2. The van der Waals surface area contributed by atoms with E-state index in [4.69, 9.17) is 4.74 Å². The van der Waals surface area contributed by atoms with Gasteiger partial charge in [0.15, 0.2) is 18.2 Å². The van der Waals surface area contributed by atoms with Crippen molar-refractivity contribution in [3.05, 3.63) is 52.8 Å². The second-order valence-electron chi connectivity index (χ2n) is 5.86. The van der Waals surface area contributed by atoms with Crippen LogP contribution in [0.4, 0.5) is 20.6 Å². The number of halogens is 2. The van der Waals surface area contributed by atoms with Crippen molar-refractivity contribution in [3.8, 4) is 5.75 Å². The van der Waals surface area contributed by atoms with Gasteiger partial charge in [-0.1, -0.05) is 15.9 Å².